The maximum absolute atomic E-state index is 12.2. The number of halogens is 3. The first-order valence-corrected chi connectivity index (χ1v) is 48.0. The number of hydrogen-bond donors (Lipinski definition) is 1. The average molecular weight is 2070 g/mol. The Balaban J connectivity index is 0.000000150. The molecule has 30 nitrogen and oxygen atoms in total. The van der Waals surface area contributed by atoms with Crippen LogP contribution in [0.2, 0.25) is 0 Å². The lowest BCUT2D eigenvalue weighted by atomic mass is 10.1. The Labute approximate surface area is 825 Å². The number of carboxylic acid groups (broad SMARTS) is 1. The second-order valence-electron chi connectivity index (χ2n) is 33.2. The predicted octanol–water partition coefficient (Wildman–Crippen LogP) is 19.6. The van der Waals surface area contributed by atoms with Gasteiger partial charge in [0.1, 0.15) is 68.2 Å². The normalized spacial score (nSPS) is 16.3. The van der Waals surface area contributed by atoms with Gasteiger partial charge in [-0.2, -0.15) is 0 Å². The molecule has 12 aromatic rings. The molecule has 5 aliphatic rings. The van der Waals surface area contributed by atoms with Gasteiger partial charge in [-0.15, -0.1) is 0 Å². The number of nitrogens with zero attached hydrogens (tertiary/aromatic N) is 11. The minimum Gasteiger partial charge on any atom is -0.496 e. The van der Waals surface area contributed by atoms with Crippen molar-refractivity contribution in [3.63, 3.8) is 0 Å². The molecule has 5 aliphatic heterocycles. The summed E-state index contributed by atoms with van der Waals surface area (Å²) in [6.45, 7) is 31.1. The van der Waals surface area contributed by atoms with Crippen molar-refractivity contribution in [2.24, 2.45) is 0 Å². The zero-order chi connectivity index (χ0) is 98.6. The van der Waals surface area contributed by atoms with Crippen LogP contribution in [0, 0.1) is 13.8 Å². The zero-order valence-electron chi connectivity index (χ0n) is 81.3. The number of carboxylic acids is 1. The number of rotatable bonds is 20. The molecular weight excluding hydrogens is 1950 g/mol. The van der Waals surface area contributed by atoms with E-state index in [1.807, 2.05) is 98.4 Å². The van der Waals surface area contributed by atoms with Crippen LogP contribution in [0.4, 0.5) is 0 Å². The highest BCUT2D eigenvalue weighted by Crippen LogP contribution is 2.40. The lowest BCUT2D eigenvalue weighted by Gasteiger charge is -2.14. The first-order valence-electron chi connectivity index (χ1n) is 45.6. The molecule has 0 saturated heterocycles. The van der Waals surface area contributed by atoms with E-state index in [1.165, 1.54) is 63.1 Å². The second-order valence-corrected chi connectivity index (χ2v) is 35.7. The number of ether oxygens (including phenoxy) is 14. The molecule has 0 radical (unpaired) electrons. The third-order valence-corrected chi connectivity index (χ3v) is 26.0. The van der Waals surface area contributed by atoms with E-state index in [9.17, 15) is 19.2 Å². The molecule has 17 rings (SSSR count). The van der Waals surface area contributed by atoms with Crippen LogP contribution >= 0.6 is 47.8 Å². The van der Waals surface area contributed by atoms with E-state index in [2.05, 4.69) is 171 Å². The monoisotopic (exact) mass is 2070 g/mol. The Bertz CT molecular complexity index is 6270. The number of esters is 3. The van der Waals surface area contributed by atoms with Gasteiger partial charge in [-0.25, -0.2) is 44.1 Å². The highest BCUT2D eigenvalue weighted by molar-refractivity contribution is 9.11. The van der Waals surface area contributed by atoms with Crippen molar-refractivity contribution >= 4 is 77.7 Å². The van der Waals surface area contributed by atoms with Crippen LogP contribution in [-0.4, -0.2) is 209 Å². The molecule has 0 unspecified atom stereocenters. The Kier molecular flexibility index (Phi) is 36.8. The fourth-order valence-electron chi connectivity index (χ4n) is 17.2. The van der Waals surface area contributed by atoms with E-state index in [4.69, 9.17) is 81.4 Å². The van der Waals surface area contributed by atoms with Gasteiger partial charge < -0.3 is 94.3 Å². The molecule has 0 aliphatic carbocycles. The predicted molar refractivity (Wildman–Crippen MR) is 535 cm³/mol. The van der Waals surface area contributed by atoms with Gasteiger partial charge in [-0.3, -0.25) is 4.98 Å². The summed E-state index contributed by atoms with van der Waals surface area (Å²) in [6.07, 6.45) is 8.59. The first kappa shape index (κ1) is 104. The number of pyridine rings is 1. The van der Waals surface area contributed by atoms with Gasteiger partial charge in [0, 0.05) is 88.1 Å². The molecule has 137 heavy (non-hydrogen) atoms. The van der Waals surface area contributed by atoms with Crippen molar-refractivity contribution in [1.82, 2.24) is 52.7 Å². The molecule has 0 fully saturated rings. The molecule has 0 bridgehead atoms. The van der Waals surface area contributed by atoms with Gasteiger partial charge in [-0.1, -0.05) is 82.0 Å². The smallest absolute Gasteiger partial charge is 0.358 e. The summed E-state index contributed by atoms with van der Waals surface area (Å²) in [5, 5.41) is 8.62. The van der Waals surface area contributed by atoms with E-state index >= 15 is 0 Å². The largest absolute Gasteiger partial charge is 0.496 e. The topological polar surface area (TPSA) is 320 Å². The number of aromatic nitrogens is 11. The van der Waals surface area contributed by atoms with E-state index in [1.54, 1.807) is 47.7 Å². The summed E-state index contributed by atoms with van der Waals surface area (Å²) < 4.78 is 89.4. The molecule has 11 heterocycles. The van der Waals surface area contributed by atoms with Crippen molar-refractivity contribution in [1.29, 1.82) is 0 Å². The zero-order valence-corrected chi connectivity index (χ0v) is 86.1. The summed E-state index contributed by atoms with van der Waals surface area (Å²) in [7, 11) is 14.0. The Morgan fingerprint density at radius 1 is 0.372 bits per heavy atom. The maximum atomic E-state index is 12.2. The van der Waals surface area contributed by atoms with Crippen molar-refractivity contribution in [3.8, 4) is 103 Å². The van der Waals surface area contributed by atoms with E-state index < -0.39 is 23.9 Å². The van der Waals surface area contributed by atoms with Gasteiger partial charge in [0.15, 0.2) is 17.1 Å². The number of benzene rings is 6. The molecule has 33 heteroatoms. The molecule has 1 N–H and O–H groups in total. The molecule has 6 aromatic carbocycles. The fraction of sp³-hybridized carbons (Fsp3) is 0.404. The Hall–Kier alpha value is -11.8. The van der Waals surface area contributed by atoms with E-state index in [-0.39, 0.29) is 36.1 Å². The standard InChI is InChI=1S/C24H29N3O2.C19H24N2O4.C19H22N2O4.C17H19BrN2O4.C17H21BrN2O2.C8H7BrO3/c1-6-18-7-8-19(13-22(18)28-5)24-26-23(20-11-15(2)25-16(3)12-20)21-9-10-29-17(4)14-27(21)24;2*1-5-13-6-7-14(10-16(13)23-3)18-20-17(19(22)24-4)15-8-9-25-12(2)11-21(15)18;1-10-9-20-13(6-7-24-10)15(17(21)23-3)19-16(20)11-4-5-12(18)14(8-11)22-2;1-4-12-5-6-13(9-15(12)21-3)17-19-16(18)14-7-8-22-11(2)10-20(14)17;1-12-7-4-5(8(10)11)2-3-6(7)9/h7-8,11-13,17H,6,9-10,14H2,1-5H3;6-7,10,12H,5,8-9,11H2,1-4H3;5-7,10,12H,1,8-9,11H2,2-4H3;4-5,8,10H,6-7,9H2,1-3H3;5-6,9,11H,4,7-8,10H2,1-3H3;2-4H,1H3,(H,10,11)/t17-;2*12-;10-;11-;/m11111./s1. The maximum Gasteiger partial charge on any atom is 0.358 e. The summed E-state index contributed by atoms with van der Waals surface area (Å²) >= 11 is 10.3. The highest BCUT2D eigenvalue weighted by Gasteiger charge is 2.33. The summed E-state index contributed by atoms with van der Waals surface area (Å²) in [4.78, 5) is 75.2. The fourth-order valence-corrected chi connectivity index (χ4v) is 18.6. The summed E-state index contributed by atoms with van der Waals surface area (Å²) in [5.41, 5.74) is 19.7. The highest BCUT2D eigenvalue weighted by atomic mass is 79.9. The minimum atomic E-state index is -0.958. The van der Waals surface area contributed by atoms with Gasteiger partial charge in [0.25, 0.3) is 0 Å². The van der Waals surface area contributed by atoms with Crippen LogP contribution in [0.3, 0.4) is 0 Å². The Morgan fingerprint density at radius 3 is 1.02 bits per heavy atom. The van der Waals surface area contributed by atoms with Gasteiger partial charge in [0.05, 0.1) is 203 Å². The number of aryl methyl sites for hydroxylation is 5. The van der Waals surface area contributed by atoms with Crippen molar-refractivity contribution in [2.45, 2.75) is 184 Å². The number of aromatic carboxylic acids is 1. The van der Waals surface area contributed by atoms with Crippen LogP contribution in [0.15, 0.2) is 141 Å². The number of carbonyl (C=O) groups is 4. The quantitative estimate of drug-likeness (QED) is 0.0547. The van der Waals surface area contributed by atoms with E-state index in [0.717, 1.165) is 179 Å². The molecule has 0 amide bonds. The third-order valence-electron chi connectivity index (χ3n) is 24.0. The van der Waals surface area contributed by atoms with Gasteiger partial charge in [-0.05, 0) is 205 Å². The number of methoxy groups -OCH3 is 9. The van der Waals surface area contributed by atoms with Crippen molar-refractivity contribution < 1.29 is 90.6 Å². The molecule has 0 saturated carbocycles. The van der Waals surface area contributed by atoms with E-state index in [0.29, 0.717) is 111 Å². The molecule has 6 aromatic heterocycles. The SMILES string of the molecule is C=Cc1ccc(-c2nc(C(=O)OC)c3n2C[C@@H](C)OCC3)cc1OC.CCc1ccc(-c2nc(-c3cc(C)nc(C)c3)c3n2C[C@@H](C)OCC3)cc1OC.CCc1ccc(-c2nc(Br)c3n2C[C@@H](C)OCC3)cc1OC.CCc1ccc(-c2nc(C(=O)OC)c3n2C[C@@H](C)OCC3)cc1OC.COC(=O)c1nc(-c2ccc(Br)c(OC)c2)n2c1CCO[C@H](C)C2.COc1cc(C(=O)O)ccc1Br. The van der Waals surface area contributed by atoms with Crippen LogP contribution in [0.25, 0.3) is 74.3 Å². The van der Waals surface area contributed by atoms with Crippen LogP contribution in [-0.2, 0) is 122 Å². The number of hydrogen-bond acceptors (Lipinski definition) is 24. The third kappa shape index (κ3) is 24.7. The van der Waals surface area contributed by atoms with Crippen LogP contribution < -0.4 is 28.4 Å². The summed E-state index contributed by atoms with van der Waals surface area (Å²) in [5.74, 6) is 6.49. The van der Waals surface area contributed by atoms with Gasteiger partial charge >= 0.3 is 23.9 Å². The van der Waals surface area contributed by atoms with Crippen molar-refractivity contribution in [2.75, 3.05) is 97.0 Å². The summed E-state index contributed by atoms with van der Waals surface area (Å²) in [6, 6.07) is 39.2. The second kappa shape index (κ2) is 48.5. The molecule has 0 spiro atoms. The minimum absolute atomic E-state index is 0.0361. The molecular formula is C104H122Br3N11O19. The first-order chi connectivity index (χ1) is 66.0. The van der Waals surface area contributed by atoms with Gasteiger partial charge in [0.2, 0.25) is 0 Å². The average Bonchev–Trinajstić information content (AvgIpc) is 1.63. The molecule has 728 valence electrons. The Morgan fingerprint density at radius 2 is 0.672 bits per heavy atom. The van der Waals surface area contributed by atoms with Crippen LogP contribution in [0.1, 0.15) is 159 Å². The number of imidazole rings is 5. The lowest BCUT2D eigenvalue weighted by Crippen LogP contribution is -2.15. The van der Waals surface area contributed by atoms with Crippen LogP contribution in [0.5, 0.6) is 34.5 Å². The lowest BCUT2D eigenvalue weighted by molar-refractivity contribution is 0.0581. The number of carbonyl (C=O) groups excluding carboxylic acids is 3. The van der Waals surface area contributed by atoms with Crippen molar-refractivity contribution in [3.05, 3.63) is 226 Å². The number of fused-ring (bicyclic) bond motifs is 5. The molecule has 5 atom stereocenters.